The van der Waals surface area contributed by atoms with Crippen molar-refractivity contribution < 1.29 is 4.79 Å². The van der Waals surface area contributed by atoms with E-state index in [0.717, 1.165) is 16.9 Å². The molecule has 2 heterocycles. The van der Waals surface area contributed by atoms with Crippen molar-refractivity contribution in [2.45, 2.75) is 6.92 Å². The molecule has 0 aliphatic rings. The highest BCUT2D eigenvalue weighted by molar-refractivity contribution is 6.06. The van der Waals surface area contributed by atoms with Gasteiger partial charge in [0.1, 0.15) is 0 Å². The zero-order chi connectivity index (χ0) is 15.5. The van der Waals surface area contributed by atoms with Crippen molar-refractivity contribution in [1.29, 1.82) is 0 Å². The molecular formula is C18H17N3O. The van der Waals surface area contributed by atoms with Crippen LogP contribution in [0.3, 0.4) is 0 Å². The lowest BCUT2D eigenvalue weighted by molar-refractivity contribution is 0.104. The van der Waals surface area contributed by atoms with Crippen LogP contribution in [0.2, 0.25) is 0 Å². The van der Waals surface area contributed by atoms with Crippen LogP contribution >= 0.6 is 0 Å². The lowest BCUT2D eigenvalue weighted by atomic mass is 10.1. The molecule has 3 rings (SSSR count). The summed E-state index contributed by atoms with van der Waals surface area (Å²) in [6.07, 6.45) is 9.25. The van der Waals surface area contributed by atoms with Gasteiger partial charge in [0.2, 0.25) is 0 Å². The number of nitrogens with zero attached hydrogens (tertiary/aromatic N) is 3. The molecule has 110 valence electrons. The predicted molar refractivity (Wildman–Crippen MR) is 87.1 cm³/mol. The molecule has 0 saturated carbocycles. The number of carbonyl (C=O) groups excluding carboxylic acids is 1. The molecule has 0 N–H and O–H groups in total. The highest BCUT2D eigenvalue weighted by Gasteiger charge is 2.04. The quantitative estimate of drug-likeness (QED) is 0.546. The molecule has 0 atom stereocenters. The number of carbonyl (C=O) groups is 1. The van der Waals surface area contributed by atoms with Crippen molar-refractivity contribution in [3.63, 3.8) is 0 Å². The third-order valence-corrected chi connectivity index (χ3v) is 3.52. The Balaban J connectivity index is 1.76. The first-order valence-corrected chi connectivity index (χ1v) is 7.09. The SMILES string of the molecule is Cc1nn(C)cc1/C=C/C(=O)c1ccc(-n2cccc2)cc1. The van der Waals surface area contributed by atoms with Crippen LogP contribution in [-0.4, -0.2) is 20.1 Å². The minimum atomic E-state index is -0.0118. The Morgan fingerprint density at radius 2 is 1.82 bits per heavy atom. The van der Waals surface area contributed by atoms with Gasteiger partial charge >= 0.3 is 0 Å². The average molecular weight is 291 g/mol. The molecule has 0 radical (unpaired) electrons. The van der Waals surface area contributed by atoms with Gasteiger partial charge in [0.05, 0.1) is 5.69 Å². The molecule has 0 saturated heterocycles. The fraction of sp³-hybridized carbons (Fsp3) is 0.111. The Morgan fingerprint density at radius 3 is 2.41 bits per heavy atom. The molecule has 0 fully saturated rings. The number of ketones is 1. The number of hydrogen-bond donors (Lipinski definition) is 0. The van der Waals surface area contributed by atoms with E-state index in [2.05, 4.69) is 5.10 Å². The van der Waals surface area contributed by atoms with Crippen molar-refractivity contribution in [1.82, 2.24) is 14.3 Å². The molecule has 1 aromatic carbocycles. The van der Waals surface area contributed by atoms with E-state index < -0.39 is 0 Å². The van der Waals surface area contributed by atoms with Gasteiger partial charge in [0.25, 0.3) is 0 Å². The second kappa shape index (κ2) is 5.85. The molecule has 4 nitrogen and oxygen atoms in total. The van der Waals surface area contributed by atoms with Gasteiger partial charge in [-0.3, -0.25) is 9.48 Å². The van der Waals surface area contributed by atoms with Crippen molar-refractivity contribution in [2.75, 3.05) is 0 Å². The molecule has 0 spiro atoms. The summed E-state index contributed by atoms with van der Waals surface area (Å²) in [6, 6.07) is 11.5. The van der Waals surface area contributed by atoms with E-state index in [9.17, 15) is 4.79 Å². The Morgan fingerprint density at radius 1 is 1.14 bits per heavy atom. The van der Waals surface area contributed by atoms with Crippen LogP contribution in [0, 0.1) is 6.92 Å². The largest absolute Gasteiger partial charge is 0.324 e. The second-order valence-electron chi connectivity index (χ2n) is 5.18. The van der Waals surface area contributed by atoms with Crippen LogP contribution in [0.4, 0.5) is 0 Å². The summed E-state index contributed by atoms with van der Waals surface area (Å²) >= 11 is 0. The Hall–Kier alpha value is -2.88. The van der Waals surface area contributed by atoms with Crippen LogP contribution in [0.25, 0.3) is 11.8 Å². The second-order valence-corrected chi connectivity index (χ2v) is 5.18. The summed E-state index contributed by atoms with van der Waals surface area (Å²) in [7, 11) is 1.87. The Kier molecular flexibility index (Phi) is 3.74. The summed E-state index contributed by atoms with van der Waals surface area (Å²) in [6.45, 7) is 1.93. The molecule has 4 heteroatoms. The molecule has 0 unspecified atom stereocenters. The average Bonchev–Trinajstić information content (AvgIpc) is 3.15. The van der Waals surface area contributed by atoms with E-state index >= 15 is 0 Å². The molecule has 3 aromatic rings. The maximum absolute atomic E-state index is 12.2. The number of allylic oxidation sites excluding steroid dienone is 1. The Bertz CT molecular complexity index is 809. The van der Waals surface area contributed by atoms with Gasteiger partial charge in [-0.25, -0.2) is 0 Å². The van der Waals surface area contributed by atoms with Crippen molar-refractivity contribution in [3.8, 4) is 5.69 Å². The normalized spacial score (nSPS) is 11.2. The molecular weight excluding hydrogens is 274 g/mol. The number of rotatable bonds is 4. The molecule has 2 aromatic heterocycles. The lowest BCUT2D eigenvalue weighted by Gasteiger charge is -2.03. The van der Waals surface area contributed by atoms with Gasteiger partial charge in [0.15, 0.2) is 5.78 Å². The highest BCUT2D eigenvalue weighted by Crippen LogP contribution is 2.12. The van der Waals surface area contributed by atoms with E-state index in [1.807, 2.05) is 79.6 Å². The molecule has 22 heavy (non-hydrogen) atoms. The van der Waals surface area contributed by atoms with Crippen LogP contribution in [0.5, 0.6) is 0 Å². The van der Waals surface area contributed by atoms with Crippen LogP contribution in [-0.2, 0) is 7.05 Å². The minimum Gasteiger partial charge on any atom is -0.324 e. The fourth-order valence-corrected chi connectivity index (χ4v) is 2.35. The van der Waals surface area contributed by atoms with Gasteiger partial charge < -0.3 is 4.57 Å². The standard InChI is InChI=1S/C18H17N3O/c1-14-16(13-20(2)19-14)7-10-18(22)15-5-8-17(9-6-15)21-11-3-4-12-21/h3-13H,1-2H3/b10-7+. The number of aryl methyl sites for hydroxylation is 2. The highest BCUT2D eigenvalue weighted by atomic mass is 16.1. The topological polar surface area (TPSA) is 39.8 Å². The van der Waals surface area contributed by atoms with E-state index in [1.165, 1.54) is 0 Å². The molecule has 0 aliphatic heterocycles. The lowest BCUT2D eigenvalue weighted by Crippen LogP contribution is -1.96. The third-order valence-electron chi connectivity index (χ3n) is 3.52. The summed E-state index contributed by atoms with van der Waals surface area (Å²) < 4.78 is 3.74. The summed E-state index contributed by atoms with van der Waals surface area (Å²) in [5, 5.41) is 4.25. The third kappa shape index (κ3) is 2.91. The minimum absolute atomic E-state index is 0.0118. The van der Waals surface area contributed by atoms with Crippen LogP contribution < -0.4 is 0 Å². The van der Waals surface area contributed by atoms with Gasteiger partial charge in [-0.2, -0.15) is 5.10 Å². The van der Waals surface area contributed by atoms with Crippen molar-refractivity contribution in [3.05, 3.63) is 77.9 Å². The zero-order valence-electron chi connectivity index (χ0n) is 12.6. The van der Waals surface area contributed by atoms with E-state index in [4.69, 9.17) is 0 Å². The smallest absolute Gasteiger partial charge is 0.185 e. The van der Waals surface area contributed by atoms with Gasteiger partial charge in [0, 0.05) is 42.5 Å². The first-order chi connectivity index (χ1) is 10.6. The number of aromatic nitrogens is 3. The summed E-state index contributed by atoms with van der Waals surface area (Å²) in [5.41, 5.74) is 3.58. The Labute approximate surface area is 129 Å². The molecule has 0 bridgehead atoms. The van der Waals surface area contributed by atoms with E-state index in [0.29, 0.717) is 5.56 Å². The molecule has 0 aliphatic carbocycles. The maximum Gasteiger partial charge on any atom is 0.185 e. The van der Waals surface area contributed by atoms with Gasteiger partial charge in [-0.15, -0.1) is 0 Å². The maximum atomic E-state index is 12.2. The number of hydrogen-bond acceptors (Lipinski definition) is 2. The summed E-state index contributed by atoms with van der Waals surface area (Å²) in [4.78, 5) is 12.2. The first-order valence-electron chi connectivity index (χ1n) is 7.09. The van der Waals surface area contributed by atoms with Crippen LogP contribution in [0.1, 0.15) is 21.6 Å². The fourth-order valence-electron chi connectivity index (χ4n) is 2.35. The molecule has 0 amide bonds. The van der Waals surface area contributed by atoms with Crippen LogP contribution in [0.15, 0.2) is 61.1 Å². The monoisotopic (exact) mass is 291 g/mol. The van der Waals surface area contributed by atoms with E-state index in [1.54, 1.807) is 10.8 Å². The summed E-state index contributed by atoms with van der Waals surface area (Å²) in [5.74, 6) is -0.0118. The number of benzene rings is 1. The van der Waals surface area contributed by atoms with Crippen molar-refractivity contribution in [2.24, 2.45) is 7.05 Å². The zero-order valence-corrected chi connectivity index (χ0v) is 12.6. The van der Waals surface area contributed by atoms with Gasteiger partial charge in [-0.05, 0) is 55.5 Å². The first kappa shape index (κ1) is 14.1. The van der Waals surface area contributed by atoms with Gasteiger partial charge in [-0.1, -0.05) is 0 Å². The van der Waals surface area contributed by atoms with E-state index in [-0.39, 0.29) is 5.78 Å². The predicted octanol–water partition coefficient (Wildman–Crippen LogP) is 3.42. The van der Waals surface area contributed by atoms with Crippen molar-refractivity contribution >= 4 is 11.9 Å².